The molecule has 154 valence electrons. The lowest BCUT2D eigenvalue weighted by Gasteiger charge is -2.28. The van der Waals surface area contributed by atoms with Crippen molar-refractivity contribution >= 4 is 39.7 Å². The molecular weight excluding hydrogens is 396 g/mol. The Morgan fingerprint density at radius 2 is 1.61 bits per heavy atom. The van der Waals surface area contributed by atoms with Gasteiger partial charge in [-0.1, -0.05) is 0 Å². The molecule has 0 aromatic rings. The largest absolute Gasteiger partial charge is 0.481 e. The van der Waals surface area contributed by atoms with Gasteiger partial charge in [0.1, 0.15) is 0 Å². The number of carboxylic acids is 1. The Kier molecular flexibility index (Phi) is 6.67. The van der Waals surface area contributed by atoms with Gasteiger partial charge in [-0.15, -0.1) is 0 Å². The minimum atomic E-state index is -4.42. The van der Waals surface area contributed by atoms with Gasteiger partial charge in [-0.2, -0.15) is 8.42 Å². The van der Waals surface area contributed by atoms with Crippen molar-refractivity contribution in [1.82, 2.24) is 10.2 Å². The molecule has 0 bridgehead atoms. The van der Waals surface area contributed by atoms with Gasteiger partial charge >= 0.3 is 5.97 Å². The number of amides is 4. The molecule has 3 aliphatic rings. The van der Waals surface area contributed by atoms with Crippen LogP contribution < -0.4 is 5.32 Å². The van der Waals surface area contributed by atoms with Gasteiger partial charge in [0, 0.05) is 18.7 Å². The summed E-state index contributed by atoms with van der Waals surface area (Å²) in [4.78, 5) is 55.7. The van der Waals surface area contributed by atoms with Gasteiger partial charge in [0.25, 0.3) is 21.9 Å². The SMILES string of the molecule is O=C(O)C1CCC(CN2C(=O)C=CC2=O)CC1.O=C1CC(S(=O)(=O)O)C(=O)N1. The van der Waals surface area contributed by atoms with Crippen LogP contribution in [0.5, 0.6) is 0 Å². The Balaban J connectivity index is 0.000000221. The van der Waals surface area contributed by atoms with Gasteiger partial charge in [-0.05, 0) is 31.6 Å². The average molecular weight is 416 g/mol. The van der Waals surface area contributed by atoms with Crippen LogP contribution in [0.15, 0.2) is 12.2 Å². The van der Waals surface area contributed by atoms with Crippen molar-refractivity contribution in [3.8, 4) is 0 Å². The second kappa shape index (κ2) is 8.61. The predicted molar refractivity (Wildman–Crippen MR) is 92.0 cm³/mol. The Morgan fingerprint density at radius 3 is 1.96 bits per heavy atom. The van der Waals surface area contributed by atoms with Crippen molar-refractivity contribution < 1.29 is 42.0 Å². The quantitative estimate of drug-likeness (QED) is 0.387. The fourth-order valence-corrected chi connectivity index (χ4v) is 3.92. The summed E-state index contributed by atoms with van der Waals surface area (Å²) >= 11 is 0. The molecule has 1 atom stereocenters. The van der Waals surface area contributed by atoms with Crippen molar-refractivity contribution in [1.29, 1.82) is 0 Å². The zero-order valence-corrected chi connectivity index (χ0v) is 15.6. The van der Waals surface area contributed by atoms with Crippen LogP contribution in [0.4, 0.5) is 0 Å². The summed E-state index contributed by atoms with van der Waals surface area (Å²) in [6.45, 7) is 0.428. The number of nitrogens with zero attached hydrogens (tertiary/aromatic N) is 1. The number of nitrogens with one attached hydrogen (secondary N) is 1. The molecule has 12 heteroatoms. The molecule has 0 aromatic carbocycles. The van der Waals surface area contributed by atoms with E-state index in [1.54, 1.807) is 5.32 Å². The van der Waals surface area contributed by atoms with Gasteiger partial charge in [0.05, 0.1) is 12.3 Å². The molecule has 2 fully saturated rings. The fraction of sp³-hybridized carbons (Fsp3) is 0.562. The van der Waals surface area contributed by atoms with E-state index in [2.05, 4.69) is 0 Å². The zero-order chi connectivity index (χ0) is 21.1. The molecule has 1 saturated carbocycles. The third kappa shape index (κ3) is 5.45. The first-order valence-electron chi connectivity index (χ1n) is 8.55. The molecule has 11 nitrogen and oxygen atoms in total. The van der Waals surface area contributed by atoms with Crippen LogP contribution in [0.3, 0.4) is 0 Å². The normalized spacial score (nSPS) is 27.5. The van der Waals surface area contributed by atoms with Crippen LogP contribution in [0, 0.1) is 11.8 Å². The standard InChI is InChI=1S/C12H15NO4.C4H5NO5S/c14-10-5-6-11(15)13(10)7-8-1-3-9(4-2-8)12(16)17;6-3-1-2(4(7)5-3)11(8,9)10/h5-6,8-9H,1-4,7H2,(H,16,17);2H,1H2,(H,5,6,7)(H,8,9,10). The van der Waals surface area contributed by atoms with Crippen molar-refractivity contribution in [2.45, 2.75) is 37.4 Å². The second-order valence-electron chi connectivity index (χ2n) is 6.80. The Hall–Kier alpha value is -2.60. The van der Waals surface area contributed by atoms with Gasteiger partial charge in [0.15, 0.2) is 5.25 Å². The average Bonchev–Trinajstić information content (AvgIpc) is 3.11. The Bertz CT molecular complexity index is 807. The van der Waals surface area contributed by atoms with E-state index in [1.807, 2.05) is 0 Å². The molecule has 3 rings (SSSR count). The summed E-state index contributed by atoms with van der Waals surface area (Å²) in [5.41, 5.74) is 0. The monoisotopic (exact) mass is 416 g/mol. The Labute approximate surface area is 160 Å². The lowest BCUT2D eigenvalue weighted by Crippen LogP contribution is -2.36. The van der Waals surface area contributed by atoms with Crippen molar-refractivity contribution in [3.05, 3.63) is 12.2 Å². The summed E-state index contributed by atoms with van der Waals surface area (Å²) in [6.07, 6.45) is 4.91. The van der Waals surface area contributed by atoms with E-state index in [9.17, 15) is 32.4 Å². The van der Waals surface area contributed by atoms with Gasteiger partial charge in [-0.3, -0.25) is 38.7 Å². The first kappa shape index (κ1) is 21.7. The van der Waals surface area contributed by atoms with Crippen LogP contribution in [-0.2, 0) is 34.1 Å². The minimum absolute atomic E-state index is 0.249. The first-order chi connectivity index (χ1) is 13.0. The van der Waals surface area contributed by atoms with Crippen molar-refractivity contribution in [2.75, 3.05) is 6.54 Å². The van der Waals surface area contributed by atoms with E-state index in [0.717, 1.165) is 12.8 Å². The van der Waals surface area contributed by atoms with Crippen molar-refractivity contribution in [3.63, 3.8) is 0 Å². The number of carboxylic acid groups (broad SMARTS) is 1. The molecule has 3 N–H and O–H groups in total. The maximum Gasteiger partial charge on any atom is 0.306 e. The highest BCUT2D eigenvalue weighted by molar-refractivity contribution is 7.87. The molecule has 1 aliphatic carbocycles. The van der Waals surface area contributed by atoms with Crippen LogP contribution >= 0.6 is 0 Å². The smallest absolute Gasteiger partial charge is 0.306 e. The van der Waals surface area contributed by atoms with E-state index >= 15 is 0 Å². The highest BCUT2D eigenvalue weighted by atomic mass is 32.2. The molecule has 0 aromatic heterocycles. The molecule has 0 radical (unpaired) electrons. The van der Waals surface area contributed by atoms with E-state index in [-0.39, 0.29) is 23.7 Å². The van der Waals surface area contributed by atoms with Crippen LogP contribution in [-0.4, -0.2) is 64.4 Å². The molecule has 2 aliphatic heterocycles. The zero-order valence-electron chi connectivity index (χ0n) is 14.7. The third-order valence-corrected chi connectivity index (χ3v) is 5.92. The highest BCUT2D eigenvalue weighted by Crippen LogP contribution is 2.30. The van der Waals surface area contributed by atoms with Crippen LogP contribution in [0.1, 0.15) is 32.1 Å². The number of carbonyl (C=O) groups is 5. The molecule has 1 unspecified atom stereocenters. The lowest BCUT2D eigenvalue weighted by molar-refractivity contribution is -0.144. The van der Waals surface area contributed by atoms with E-state index in [0.29, 0.717) is 19.4 Å². The molecule has 2 heterocycles. The molecule has 4 amide bonds. The summed E-state index contributed by atoms with van der Waals surface area (Å²) in [7, 11) is -4.42. The lowest BCUT2D eigenvalue weighted by atomic mass is 9.82. The summed E-state index contributed by atoms with van der Waals surface area (Å²) in [6, 6.07) is 0. The summed E-state index contributed by atoms with van der Waals surface area (Å²) in [5.74, 6) is -2.90. The van der Waals surface area contributed by atoms with E-state index in [1.165, 1.54) is 17.1 Å². The maximum absolute atomic E-state index is 11.4. The van der Waals surface area contributed by atoms with Crippen LogP contribution in [0.25, 0.3) is 0 Å². The number of carbonyl (C=O) groups excluding carboxylic acids is 4. The highest BCUT2D eigenvalue weighted by Gasteiger charge is 2.39. The second-order valence-corrected chi connectivity index (χ2v) is 8.40. The number of rotatable bonds is 4. The van der Waals surface area contributed by atoms with E-state index < -0.39 is 39.6 Å². The number of aliphatic carboxylic acids is 1. The number of imide groups is 2. The fourth-order valence-electron chi connectivity index (χ4n) is 3.23. The van der Waals surface area contributed by atoms with Crippen LogP contribution in [0.2, 0.25) is 0 Å². The molecule has 28 heavy (non-hydrogen) atoms. The number of hydrogen-bond donors (Lipinski definition) is 3. The predicted octanol–water partition coefficient (Wildman–Crippen LogP) is -0.908. The maximum atomic E-state index is 11.4. The topological polar surface area (TPSA) is 175 Å². The Morgan fingerprint density at radius 1 is 1.07 bits per heavy atom. The van der Waals surface area contributed by atoms with Gasteiger partial charge in [-0.25, -0.2) is 0 Å². The molecule has 1 saturated heterocycles. The summed E-state index contributed by atoms with van der Waals surface area (Å²) in [5, 5.41) is 9.00. The van der Waals surface area contributed by atoms with Gasteiger partial charge < -0.3 is 5.11 Å². The van der Waals surface area contributed by atoms with Crippen molar-refractivity contribution in [2.24, 2.45) is 11.8 Å². The molecule has 0 spiro atoms. The summed E-state index contributed by atoms with van der Waals surface area (Å²) < 4.78 is 29.0. The van der Waals surface area contributed by atoms with E-state index in [4.69, 9.17) is 9.66 Å². The first-order valence-corrected chi connectivity index (χ1v) is 10.1. The third-order valence-electron chi connectivity index (χ3n) is 4.82. The minimum Gasteiger partial charge on any atom is -0.481 e. The number of hydrogen-bond acceptors (Lipinski definition) is 7. The molecular formula is C16H20N2O9S. The van der Waals surface area contributed by atoms with Gasteiger partial charge in [0.2, 0.25) is 11.8 Å².